The summed E-state index contributed by atoms with van der Waals surface area (Å²) in [6.45, 7) is 8.47. The van der Waals surface area contributed by atoms with Crippen molar-refractivity contribution in [2.45, 2.75) is 85.4 Å². The molecule has 22 heteroatoms. The van der Waals surface area contributed by atoms with E-state index in [-0.39, 0.29) is 92.3 Å². The van der Waals surface area contributed by atoms with Crippen molar-refractivity contribution in [3.8, 4) is 0 Å². The number of hydrogen-bond acceptors (Lipinski definition) is 18. The molecule has 3 N–H and O–H groups in total. The van der Waals surface area contributed by atoms with E-state index in [1.165, 1.54) is 25.0 Å². The molecule has 356 valence electrons. The van der Waals surface area contributed by atoms with E-state index in [1.54, 1.807) is 42.5 Å². The fourth-order valence-corrected chi connectivity index (χ4v) is 6.72. The fourth-order valence-electron chi connectivity index (χ4n) is 6.72. The number of esters is 2. The smallest absolute Gasteiger partial charge is 0.374 e. The van der Waals surface area contributed by atoms with Crippen molar-refractivity contribution in [1.82, 2.24) is 28.7 Å². The van der Waals surface area contributed by atoms with Crippen molar-refractivity contribution in [3.63, 3.8) is 0 Å². The lowest BCUT2D eigenvalue weighted by Gasteiger charge is -2.20. The van der Waals surface area contributed by atoms with Crippen LogP contribution in [-0.2, 0) is 85.3 Å². The van der Waals surface area contributed by atoms with Gasteiger partial charge in [-0.15, -0.1) is 0 Å². The maximum atomic E-state index is 12.3. The number of imidazole rings is 3. The van der Waals surface area contributed by atoms with Gasteiger partial charge in [-0.2, -0.15) is 0 Å². The van der Waals surface area contributed by atoms with E-state index in [0.29, 0.717) is 76.8 Å². The molecule has 0 radical (unpaired) electrons. The lowest BCUT2D eigenvalue weighted by Crippen LogP contribution is -2.24. The number of aliphatic carboxylic acids is 1. The minimum absolute atomic E-state index is 0.0207. The van der Waals surface area contributed by atoms with Crippen LogP contribution in [0.15, 0.2) is 18.6 Å². The van der Waals surface area contributed by atoms with Crippen molar-refractivity contribution in [2.24, 2.45) is 17.8 Å². The average Bonchev–Trinajstić information content (AvgIpc) is 4.01. The van der Waals surface area contributed by atoms with Crippen LogP contribution in [0.5, 0.6) is 0 Å². The summed E-state index contributed by atoms with van der Waals surface area (Å²) in [6, 6.07) is 0. The Morgan fingerprint density at radius 1 is 0.641 bits per heavy atom. The Morgan fingerprint density at radius 2 is 1.03 bits per heavy atom. The number of nitrogens with zero attached hydrogens (tertiary/aromatic N) is 6. The van der Waals surface area contributed by atoms with Gasteiger partial charge in [0.2, 0.25) is 11.6 Å². The van der Waals surface area contributed by atoms with Gasteiger partial charge in [-0.3, -0.25) is 23.7 Å². The normalized spacial score (nSPS) is 15.6. The number of Topliss-reactive ketones (excluding diaryl/α,β-unsaturated/α-hetero) is 2. The Labute approximate surface area is 372 Å². The van der Waals surface area contributed by atoms with E-state index in [2.05, 4.69) is 15.0 Å². The summed E-state index contributed by atoms with van der Waals surface area (Å²) in [7, 11) is 4.59. The highest BCUT2D eigenvalue weighted by Crippen LogP contribution is 2.20. The van der Waals surface area contributed by atoms with Crippen LogP contribution in [0.3, 0.4) is 0 Å². The van der Waals surface area contributed by atoms with E-state index < -0.39 is 17.9 Å². The molecule has 0 aromatic carbocycles. The van der Waals surface area contributed by atoms with Gasteiger partial charge in [-0.25, -0.2) is 24.5 Å². The quantitative estimate of drug-likeness (QED) is 0.137. The van der Waals surface area contributed by atoms with Crippen molar-refractivity contribution in [1.29, 1.82) is 0 Å². The average molecular weight is 906 g/mol. The summed E-state index contributed by atoms with van der Waals surface area (Å²) >= 11 is 0. The predicted molar refractivity (Wildman–Crippen MR) is 225 cm³/mol. The van der Waals surface area contributed by atoms with Gasteiger partial charge >= 0.3 is 17.9 Å². The molecule has 0 saturated carbocycles. The molecule has 6 heterocycles. The zero-order chi connectivity index (χ0) is 46.9. The first-order valence-electron chi connectivity index (χ1n) is 21.1. The van der Waals surface area contributed by atoms with E-state index in [1.807, 2.05) is 0 Å². The highest BCUT2D eigenvalue weighted by Gasteiger charge is 2.25. The highest BCUT2D eigenvalue weighted by molar-refractivity contribution is 5.87. The standard InChI is InChI=1S/C15H22N2O5.C13H18N2O4.C8H13N3O3.C6H10O3/c1-3-22-15(19)14-16-12(9-17(14)10-20-2)8-13(18)11-4-6-21-7-5-11;1-18-9-15-7-11(14-13(15)8-16)6-12(17)10-2-4-19-5-3-10;1-3-14-8(12)7-10-6(9)4-11(7)5-13-2;7-6(8)5-1-3-9-4-2-5/h9,11H,3-8,10H2,1-2H3;7-8,10H,2-6,9H2,1H3;4H,3,5,9H2,1-2H3;5H,1-4H2,(H,7,8). The van der Waals surface area contributed by atoms with Crippen LogP contribution < -0.4 is 5.73 Å². The van der Waals surface area contributed by atoms with Crippen LogP contribution in [0.2, 0.25) is 0 Å². The Hall–Kier alpha value is -5.39. The van der Waals surface area contributed by atoms with Crippen LogP contribution in [0, 0.1) is 17.8 Å². The Bertz CT molecular complexity index is 1910. The minimum Gasteiger partial charge on any atom is -0.481 e. The summed E-state index contributed by atoms with van der Waals surface area (Å²) in [5, 5.41) is 8.48. The van der Waals surface area contributed by atoms with Gasteiger partial charge in [0, 0.05) is 85.2 Å². The molecule has 0 unspecified atom stereocenters. The summed E-state index contributed by atoms with van der Waals surface area (Å²) in [5.74, 6) is -0.578. The number of aromatic nitrogens is 6. The first kappa shape index (κ1) is 53.0. The third-order valence-electron chi connectivity index (χ3n) is 9.94. The molecule has 3 aliphatic rings. The highest BCUT2D eigenvalue weighted by atomic mass is 16.5. The topological polar surface area (TPSA) is 276 Å². The molecule has 0 atom stereocenters. The van der Waals surface area contributed by atoms with Gasteiger partial charge in [-0.1, -0.05) is 0 Å². The van der Waals surface area contributed by atoms with Crippen LogP contribution in [0.4, 0.5) is 5.82 Å². The second kappa shape index (κ2) is 29.1. The number of carbonyl (C=O) groups is 6. The van der Waals surface area contributed by atoms with E-state index in [9.17, 15) is 28.8 Å². The van der Waals surface area contributed by atoms with Crippen molar-refractivity contribution >= 4 is 41.6 Å². The van der Waals surface area contributed by atoms with Gasteiger partial charge < -0.3 is 57.9 Å². The number of carboxylic acid groups (broad SMARTS) is 1. The number of nitrogen functional groups attached to an aromatic ring is 1. The maximum absolute atomic E-state index is 12.3. The SMILES string of the molecule is CCOC(=O)c1nc(CC(=O)C2CCOCC2)cn1COC.CCOC(=O)c1nc(N)cn1COC.COCn1cc(CC(=O)C2CCOCC2)nc1C=O.O=C(O)C1CCOCC1. The molecule has 22 nitrogen and oxygen atoms in total. The number of ether oxygens (including phenoxy) is 8. The second-order valence-electron chi connectivity index (χ2n) is 14.6. The van der Waals surface area contributed by atoms with Crippen LogP contribution in [0.25, 0.3) is 0 Å². The van der Waals surface area contributed by atoms with Gasteiger partial charge in [0.1, 0.15) is 37.6 Å². The molecular weight excluding hydrogens is 842 g/mol. The van der Waals surface area contributed by atoms with Crippen LogP contribution in [-0.4, -0.2) is 144 Å². The molecule has 3 aromatic rings. The number of nitrogens with two attached hydrogens (primary N) is 1. The third kappa shape index (κ3) is 17.6. The summed E-state index contributed by atoms with van der Waals surface area (Å²) in [4.78, 5) is 81.0. The lowest BCUT2D eigenvalue weighted by atomic mass is 9.93. The number of carbonyl (C=O) groups excluding carboxylic acids is 5. The molecule has 64 heavy (non-hydrogen) atoms. The minimum atomic E-state index is -0.682. The van der Waals surface area contributed by atoms with Crippen LogP contribution in [0.1, 0.15) is 95.6 Å². The molecule has 3 fully saturated rings. The number of rotatable bonds is 18. The first-order valence-corrected chi connectivity index (χ1v) is 21.1. The van der Waals surface area contributed by atoms with Gasteiger partial charge in [0.05, 0.1) is 49.6 Å². The number of carboxylic acids is 1. The molecule has 3 saturated heterocycles. The molecular formula is C42H63N7O15. The Morgan fingerprint density at radius 3 is 1.44 bits per heavy atom. The number of hydrogen-bond donors (Lipinski definition) is 2. The predicted octanol–water partition coefficient (Wildman–Crippen LogP) is 2.78. The number of methoxy groups -OCH3 is 3. The molecule has 0 spiro atoms. The van der Waals surface area contributed by atoms with Crippen molar-refractivity contribution < 1.29 is 71.8 Å². The monoisotopic (exact) mass is 905 g/mol. The zero-order valence-electron chi connectivity index (χ0n) is 37.4. The summed E-state index contributed by atoms with van der Waals surface area (Å²) < 4.78 is 44.8. The third-order valence-corrected chi connectivity index (χ3v) is 9.94. The lowest BCUT2D eigenvalue weighted by molar-refractivity contribution is -0.144. The van der Waals surface area contributed by atoms with Crippen molar-refractivity contribution in [3.05, 3.63) is 47.5 Å². The van der Waals surface area contributed by atoms with Crippen molar-refractivity contribution in [2.75, 3.05) is 79.9 Å². The van der Waals surface area contributed by atoms with Gasteiger partial charge in [0.15, 0.2) is 12.1 Å². The van der Waals surface area contributed by atoms with E-state index >= 15 is 0 Å². The van der Waals surface area contributed by atoms with E-state index in [4.69, 9.17) is 48.7 Å². The molecule has 3 aromatic heterocycles. The number of anilines is 1. The molecule has 0 bridgehead atoms. The second-order valence-corrected chi connectivity index (χ2v) is 14.6. The largest absolute Gasteiger partial charge is 0.481 e. The van der Waals surface area contributed by atoms with E-state index in [0.717, 1.165) is 25.7 Å². The summed E-state index contributed by atoms with van der Waals surface area (Å²) in [6.07, 6.45) is 10.5. The number of aldehydes is 1. The van der Waals surface area contributed by atoms with Gasteiger partial charge in [-0.05, 0) is 52.4 Å². The molecule has 6 rings (SSSR count). The summed E-state index contributed by atoms with van der Waals surface area (Å²) in [5.41, 5.74) is 6.64. The van der Waals surface area contributed by atoms with Gasteiger partial charge in [0.25, 0.3) is 0 Å². The fraction of sp³-hybridized carbons (Fsp3) is 0.643. The Balaban J connectivity index is 0.000000237. The number of ketones is 2. The zero-order valence-corrected chi connectivity index (χ0v) is 37.4. The first-order chi connectivity index (χ1) is 30.9. The maximum Gasteiger partial charge on any atom is 0.374 e. The molecule has 3 aliphatic heterocycles. The van der Waals surface area contributed by atoms with Crippen LogP contribution >= 0.6 is 0 Å². The molecule has 0 aliphatic carbocycles. The Kier molecular flexibility index (Phi) is 24.1. The molecule has 0 amide bonds.